The summed E-state index contributed by atoms with van der Waals surface area (Å²) in [6, 6.07) is 10.1. The van der Waals surface area contributed by atoms with E-state index in [1.807, 2.05) is 18.2 Å². The number of aryl methyl sites for hydroxylation is 1. The molecule has 0 heterocycles. The van der Waals surface area contributed by atoms with Gasteiger partial charge in [-0.1, -0.05) is 39.7 Å². The maximum atomic E-state index is 13.7. The van der Waals surface area contributed by atoms with Crippen molar-refractivity contribution in [3.8, 4) is 0 Å². The van der Waals surface area contributed by atoms with E-state index in [2.05, 4.69) is 21.4 Å². The molecule has 0 aromatic heterocycles. The molecular weight excluding hydrogens is 331 g/mol. The molecule has 0 radical (unpaired) electrons. The summed E-state index contributed by atoms with van der Waals surface area (Å²) in [5.74, 6) is 5.34. The molecule has 0 aliphatic rings. The van der Waals surface area contributed by atoms with Crippen molar-refractivity contribution in [2.24, 2.45) is 5.84 Å². The highest BCUT2D eigenvalue weighted by atomic mass is 79.9. The van der Waals surface area contributed by atoms with Gasteiger partial charge in [0.1, 0.15) is 5.82 Å². The molecule has 2 aromatic carbocycles. The summed E-state index contributed by atoms with van der Waals surface area (Å²) in [6.07, 6.45) is 0. The Morgan fingerprint density at radius 1 is 1.26 bits per heavy atom. The number of rotatable bonds is 3. The largest absolute Gasteiger partial charge is 0.271 e. The van der Waals surface area contributed by atoms with Crippen molar-refractivity contribution in [3.63, 3.8) is 0 Å². The number of hydrazine groups is 1. The molecule has 2 aromatic rings. The quantitative estimate of drug-likeness (QED) is 0.650. The van der Waals surface area contributed by atoms with Crippen molar-refractivity contribution in [2.75, 3.05) is 0 Å². The van der Waals surface area contributed by atoms with Crippen molar-refractivity contribution in [3.05, 3.63) is 68.4 Å². The fourth-order valence-electron chi connectivity index (χ4n) is 1.89. The fraction of sp³-hybridized carbons (Fsp3) is 0.143. The number of nitrogens with two attached hydrogens (primary N) is 1. The minimum absolute atomic E-state index is 0.260. The second-order valence-corrected chi connectivity index (χ2v) is 5.60. The number of halogens is 3. The second kappa shape index (κ2) is 6.01. The molecule has 0 spiro atoms. The molecule has 0 fully saturated rings. The van der Waals surface area contributed by atoms with E-state index < -0.39 is 0 Å². The van der Waals surface area contributed by atoms with Gasteiger partial charge in [-0.2, -0.15) is 0 Å². The summed E-state index contributed by atoms with van der Waals surface area (Å²) >= 11 is 9.57. The number of hydrogen-bond donors (Lipinski definition) is 2. The lowest BCUT2D eigenvalue weighted by atomic mass is 9.98. The third-order valence-corrected chi connectivity index (χ3v) is 3.80. The smallest absolute Gasteiger partial charge is 0.126 e. The third-order valence-electron chi connectivity index (χ3n) is 2.96. The van der Waals surface area contributed by atoms with Gasteiger partial charge in [0.25, 0.3) is 0 Å². The van der Waals surface area contributed by atoms with E-state index in [4.69, 9.17) is 17.4 Å². The second-order valence-electron chi connectivity index (χ2n) is 4.27. The van der Waals surface area contributed by atoms with E-state index >= 15 is 0 Å². The van der Waals surface area contributed by atoms with Gasteiger partial charge >= 0.3 is 0 Å². The minimum atomic E-state index is -0.361. The van der Waals surface area contributed by atoms with Gasteiger partial charge in [0.05, 0.1) is 6.04 Å². The first-order valence-electron chi connectivity index (χ1n) is 5.70. The summed E-state index contributed by atoms with van der Waals surface area (Å²) in [7, 11) is 0. The fourth-order valence-corrected chi connectivity index (χ4v) is 2.50. The molecule has 1 unspecified atom stereocenters. The maximum absolute atomic E-state index is 13.7. The molecule has 0 bridgehead atoms. The average Bonchev–Trinajstić information content (AvgIpc) is 2.38. The molecule has 100 valence electrons. The van der Waals surface area contributed by atoms with Gasteiger partial charge in [-0.15, -0.1) is 0 Å². The summed E-state index contributed by atoms with van der Waals surface area (Å²) in [6.45, 7) is 1.72. The van der Waals surface area contributed by atoms with Crippen LogP contribution in [0.3, 0.4) is 0 Å². The van der Waals surface area contributed by atoms with E-state index in [0.717, 1.165) is 15.6 Å². The average molecular weight is 344 g/mol. The topological polar surface area (TPSA) is 38.0 Å². The van der Waals surface area contributed by atoms with Crippen molar-refractivity contribution in [1.29, 1.82) is 0 Å². The van der Waals surface area contributed by atoms with Crippen LogP contribution in [0.15, 0.2) is 40.9 Å². The van der Waals surface area contributed by atoms with Gasteiger partial charge in [0.15, 0.2) is 0 Å². The zero-order valence-corrected chi connectivity index (χ0v) is 12.6. The standard InChI is InChI=1S/C14H13BrClFN2/c1-8-2-3-9(6-13(8)17)14(19-18)11-7-10(15)4-5-12(11)16/h2-7,14,19H,18H2,1H3. The molecule has 3 N–H and O–H groups in total. The predicted molar refractivity (Wildman–Crippen MR) is 79.5 cm³/mol. The molecule has 0 saturated carbocycles. The van der Waals surface area contributed by atoms with Gasteiger partial charge < -0.3 is 0 Å². The summed E-state index contributed by atoms with van der Waals surface area (Å²) < 4.78 is 14.5. The Morgan fingerprint density at radius 3 is 2.63 bits per heavy atom. The van der Waals surface area contributed by atoms with Gasteiger partial charge in [0.2, 0.25) is 0 Å². The van der Waals surface area contributed by atoms with E-state index in [-0.39, 0.29) is 11.9 Å². The van der Waals surface area contributed by atoms with E-state index in [1.54, 1.807) is 19.1 Å². The molecular formula is C14H13BrClFN2. The zero-order chi connectivity index (χ0) is 14.0. The van der Waals surface area contributed by atoms with Gasteiger partial charge in [0, 0.05) is 9.50 Å². The first-order chi connectivity index (χ1) is 9.02. The SMILES string of the molecule is Cc1ccc(C(NN)c2cc(Br)ccc2Cl)cc1F. The predicted octanol–water partition coefficient (Wildman–Crippen LogP) is 4.10. The Bertz CT molecular complexity index is 604. The Kier molecular flexibility index (Phi) is 4.58. The molecule has 2 rings (SSSR count). The molecule has 0 saturated heterocycles. The van der Waals surface area contributed by atoms with Crippen molar-refractivity contribution in [2.45, 2.75) is 13.0 Å². The van der Waals surface area contributed by atoms with Crippen LogP contribution in [0, 0.1) is 12.7 Å². The van der Waals surface area contributed by atoms with Crippen LogP contribution in [0.25, 0.3) is 0 Å². The maximum Gasteiger partial charge on any atom is 0.126 e. The molecule has 1 atom stereocenters. The minimum Gasteiger partial charge on any atom is -0.271 e. The normalized spacial score (nSPS) is 12.5. The highest BCUT2D eigenvalue weighted by molar-refractivity contribution is 9.10. The van der Waals surface area contributed by atoms with Gasteiger partial charge in [-0.05, 0) is 47.9 Å². The third kappa shape index (κ3) is 3.15. The number of nitrogens with one attached hydrogen (secondary N) is 1. The molecule has 0 amide bonds. The van der Waals surface area contributed by atoms with Crippen LogP contribution < -0.4 is 11.3 Å². The Labute approximate surface area is 124 Å². The van der Waals surface area contributed by atoms with Gasteiger partial charge in [-0.3, -0.25) is 5.84 Å². The Hall–Kier alpha value is -0.940. The lowest BCUT2D eigenvalue weighted by Crippen LogP contribution is -2.29. The summed E-state index contributed by atoms with van der Waals surface area (Å²) in [4.78, 5) is 0. The Morgan fingerprint density at radius 2 is 2.00 bits per heavy atom. The number of benzene rings is 2. The van der Waals surface area contributed by atoms with Crippen LogP contribution in [0.4, 0.5) is 4.39 Å². The van der Waals surface area contributed by atoms with Crippen LogP contribution in [-0.4, -0.2) is 0 Å². The monoisotopic (exact) mass is 342 g/mol. The van der Waals surface area contributed by atoms with Crippen LogP contribution in [0.1, 0.15) is 22.7 Å². The van der Waals surface area contributed by atoms with E-state index in [0.29, 0.717) is 10.6 Å². The van der Waals surface area contributed by atoms with Crippen LogP contribution in [0.5, 0.6) is 0 Å². The van der Waals surface area contributed by atoms with Crippen molar-refractivity contribution >= 4 is 27.5 Å². The van der Waals surface area contributed by atoms with Crippen LogP contribution >= 0.6 is 27.5 Å². The first kappa shape index (κ1) is 14.5. The van der Waals surface area contributed by atoms with Gasteiger partial charge in [-0.25, -0.2) is 9.82 Å². The lowest BCUT2D eigenvalue weighted by molar-refractivity contribution is 0.599. The summed E-state index contributed by atoms with van der Waals surface area (Å²) in [5.41, 5.74) is 4.80. The Balaban J connectivity index is 2.49. The highest BCUT2D eigenvalue weighted by Crippen LogP contribution is 2.30. The lowest BCUT2D eigenvalue weighted by Gasteiger charge is -2.19. The van der Waals surface area contributed by atoms with E-state index in [9.17, 15) is 4.39 Å². The van der Waals surface area contributed by atoms with Crippen LogP contribution in [-0.2, 0) is 0 Å². The molecule has 0 aliphatic carbocycles. The molecule has 5 heteroatoms. The molecule has 19 heavy (non-hydrogen) atoms. The molecule has 0 aliphatic heterocycles. The molecule has 2 nitrogen and oxygen atoms in total. The first-order valence-corrected chi connectivity index (χ1v) is 6.87. The van der Waals surface area contributed by atoms with Crippen molar-refractivity contribution < 1.29 is 4.39 Å². The highest BCUT2D eigenvalue weighted by Gasteiger charge is 2.17. The zero-order valence-electron chi connectivity index (χ0n) is 10.3. The summed E-state index contributed by atoms with van der Waals surface area (Å²) in [5, 5.41) is 0.576. The number of hydrogen-bond acceptors (Lipinski definition) is 2. The van der Waals surface area contributed by atoms with Crippen molar-refractivity contribution in [1.82, 2.24) is 5.43 Å². The van der Waals surface area contributed by atoms with Crippen LogP contribution in [0.2, 0.25) is 5.02 Å². The van der Waals surface area contributed by atoms with E-state index in [1.165, 1.54) is 6.07 Å².